The third-order valence-corrected chi connectivity index (χ3v) is 6.11. The minimum absolute atomic E-state index is 0.174. The van der Waals surface area contributed by atoms with Crippen LogP contribution in [0.4, 0.5) is 4.39 Å². The van der Waals surface area contributed by atoms with E-state index in [1.165, 1.54) is 16.2 Å². The molecular weight excluding hydrogens is 425 g/mol. The zero-order chi connectivity index (χ0) is 22.3. The van der Waals surface area contributed by atoms with Crippen LogP contribution in [-0.2, 0) is 17.6 Å². The number of aryl methyl sites for hydroxylation is 1. The largest absolute Gasteiger partial charge is 0.394 e. The summed E-state index contributed by atoms with van der Waals surface area (Å²) in [4.78, 5) is 0. The van der Waals surface area contributed by atoms with Gasteiger partial charge in [-0.1, -0.05) is 42.8 Å². The van der Waals surface area contributed by atoms with Crippen molar-refractivity contribution in [2.24, 2.45) is 0 Å². The minimum Gasteiger partial charge on any atom is -0.394 e. The number of aromatic nitrogens is 1. The third kappa shape index (κ3) is 4.09. The highest BCUT2D eigenvalue weighted by atomic mass is 35.5. The fraction of sp³-hybridized carbons (Fsp3) is 0.391. The lowest BCUT2D eigenvalue weighted by Crippen LogP contribution is -2.56. The first-order valence-corrected chi connectivity index (χ1v) is 10.6. The summed E-state index contributed by atoms with van der Waals surface area (Å²) in [7, 11) is 0. The van der Waals surface area contributed by atoms with Gasteiger partial charge in [-0.05, 0) is 41.7 Å². The average molecular weight is 450 g/mol. The molecule has 4 N–H and O–H groups in total. The van der Waals surface area contributed by atoms with Crippen molar-refractivity contribution in [3.05, 3.63) is 70.1 Å². The zero-order valence-corrected chi connectivity index (χ0v) is 17.7. The zero-order valence-electron chi connectivity index (χ0n) is 16.9. The normalized spacial score (nSPS) is 26.5. The molecule has 1 saturated heterocycles. The topological polar surface area (TPSA) is 95.1 Å². The molecule has 2 heterocycles. The molecule has 31 heavy (non-hydrogen) atoms. The maximum Gasteiger partial charge on any atom is 0.163 e. The summed E-state index contributed by atoms with van der Waals surface area (Å²) in [6, 6.07) is 10.8. The number of ether oxygens (including phenoxy) is 1. The van der Waals surface area contributed by atoms with Gasteiger partial charge in [0.2, 0.25) is 0 Å². The van der Waals surface area contributed by atoms with Crippen LogP contribution in [0.5, 0.6) is 0 Å². The number of aliphatic hydroxyl groups is 4. The summed E-state index contributed by atoms with van der Waals surface area (Å²) >= 11 is 6.10. The van der Waals surface area contributed by atoms with Crippen LogP contribution in [0.1, 0.15) is 29.8 Å². The van der Waals surface area contributed by atoms with Gasteiger partial charge in [0.05, 0.1) is 12.1 Å². The van der Waals surface area contributed by atoms with Crippen molar-refractivity contribution in [1.29, 1.82) is 0 Å². The van der Waals surface area contributed by atoms with E-state index in [1.807, 2.05) is 24.3 Å². The Morgan fingerprint density at radius 2 is 1.71 bits per heavy atom. The Balaban J connectivity index is 1.80. The Kier molecular flexibility index (Phi) is 6.35. The smallest absolute Gasteiger partial charge is 0.163 e. The highest BCUT2D eigenvalue weighted by Gasteiger charge is 2.44. The predicted molar refractivity (Wildman–Crippen MR) is 115 cm³/mol. The lowest BCUT2D eigenvalue weighted by Gasteiger charge is -2.40. The molecular formula is C23H25ClFNO5. The number of rotatable bonds is 5. The van der Waals surface area contributed by atoms with Gasteiger partial charge in [0.1, 0.15) is 30.2 Å². The Bertz CT molecular complexity index is 1070. The summed E-state index contributed by atoms with van der Waals surface area (Å²) in [5.41, 5.74) is 3.23. The lowest BCUT2D eigenvalue weighted by atomic mass is 9.98. The van der Waals surface area contributed by atoms with Gasteiger partial charge in [-0.3, -0.25) is 0 Å². The Labute approximate surface area is 184 Å². The summed E-state index contributed by atoms with van der Waals surface area (Å²) in [6.07, 6.45) is -3.72. The number of benzene rings is 2. The van der Waals surface area contributed by atoms with Crippen molar-refractivity contribution in [2.45, 2.75) is 50.4 Å². The molecule has 0 aliphatic carbocycles. The second kappa shape index (κ2) is 8.86. The van der Waals surface area contributed by atoms with Gasteiger partial charge in [-0.25, -0.2) is 4.39 Å². The van der Waals surface area contributed by atoms with Gasteiger partial charge in [0.25, 0.3) is 0 Å². The van der Waals surface area contributed by atoms with E-state index >= 15 is 0 Å². The van der Waals surface area contributed by atoms with Gasteiger partial charge in [-0.15, -0.1) is 0 Å². The molecule has 1 aliphatic heterocycles. The van der Waals surface area contributed by atoms with Crippen molar-refractivity contribution in [3.8, 4) is 0 Å². The number of fused-ring (bicyclic) bond motifs is 1. The van der Waals surface area contributed by atoms with Crippen molar-refractivity contribution in [1.82, 2.24) is 4.57 Å². The molecule has 5 atom stereocenters. The van der Waals surface area contributed by atoms with Gasteiger partial charge in [0.15, 0.2) is 6.23 Å². The molecule has 3 aromatic rings. The van der Waals surface area contributed by atoms with E-state index < -0.39 is 43.1 Å². The number of aliphatic hydroxyl groups excluding tert-OH is 4. The molecule has 2 aromatic carbocycles. The molecule has 0 spiro atoms. The minimum atomic E-state index is -1.54. The van der Waals surface area contributed by atoms with E-state index in [0.29, 0.717) is 22.9 Å². The van der Waals surface area contributed by atoms with Crippen LogP contribution in [-0.4, -0.2) is 56.0 Å². The van der Waals surface area contributed by atoms with E-state index in [9.17, 15) is 24.8 Å². The monoisotopic (exact) mass is 449 g/mol. The lowest BCUT2D eigenvalue weighted by molar-refractivity contribution is -0.250. The molecule has 8 heteroatoms. The first-order valence-electron chi connectivity index (χ1n) is 10.2. The highest BCUT2D eigenvalue weighted by Crippen LogP contribution is 2.36. The molecule has 0 bridgehead atoms. The van der Waals surface area contributed by atoms with Crippen LogP contribution in [0, 0.1) is 5.82 Å². The first kappa shape index (κ1) is 22.2. The Morgan fingerprint density at radius 3 is 2.35 bits per heavy atom. The standard InChI is InChI=1S/C23H25ClFNO5/c1-2-12-3-5-13(6-4-12)7-14-10-26(17-9-15(24)8-16(25)19(14)17)23-22(30)21(29)20(28)18(11-27)31-23/h3-6,8-10,18,20-23,27-30H,2,7,11H2,1H3/t18-,20-,21+,22-,23-/m1/s1. The van der Waals surface area contributed by atoms with Crippen LogP contribution in [0.3, 0.4) is 0 Å². The highest BCUT2D eigenvalue weighted by molar-refractivity contribution is 6.31. The maximum absolute atomic E-state index is 15.0. The number of hydrogen-bond donors (Lipinski definition) is 4. The van der Waals surface area contributed by atoms with Crippen molar-refractivity contribution < 1.29 is 29.6 Å². The molecule has 0 unspecified atom stereocenters. The first-order chi connectivity index (χ1) is 14.8. The SMILES string of the molecule is CCc1ccc(Cc2cn([C@@H]3O[C@H](CO)[C@@H](O)[C@H](O)[C@H]3O)c3cc(Cl)cc(F)c23)cc1. The van der Waals surface area contributed by atoms with Crippen LogP contribution in [0.25, 0.3) is 10.9 Å². The van der Waals surface area contributed by atoms with Crippen molar-refractivity contribution in [3.63, 3.8) is 0 Å². The van der Waals surface area contributed by atoms with Crippen LogP contribution in [0.15, 0.2) is 42.6 Å². The van der Waals surface area contributed by atoms with Gasteiger partial charge >= 0.3 is 0 Å². The molecule has 4 rings (SSSR count). The Hall–Kier alpha value is -2.00. The van der Waals surface area contributed by atoms with Crippen LogP contribution in [0.2, 0.25) is 5.02 Å². The van der Waals surface area contributed by atoms with E-state index in [1.54, 1.807) is 12.3 Å². The molecule has 1 aromatic heterocycles. The summed E-state index contributed by atoms with van der Waals surface area (Å²) in [5, 5.41) is 40.9. The maximum atomic E-state index is 15.0. The molecule has 1 fully saturated rings. The van der Waals surface area contributed by atoms with Gasteiger partial charge < -0.3 is 29.7 Å². The molecule has 166 valence electrons. The second-order valence-electron chi connectivity index (χ2n) is 7.91. The van der Waals surface area contributed by atoms with Crippen molar-refractivity contribution in [2.75, 3.05) is 6.61 Å². The van der Waals surface area contributed by atoms with E-state index in [-0.39, 0.29) is 5.02 Å². The van der Waals surface area contributed by atoms with E-state index in [4.69, 9.17) is 16.3 Å². The number of halogens is 2. The fourth-order valence-corrected chi connectivity index (χ4v) is 4.35. The van der Waals surface area contributed by atoms with E-state index in [0.717, 1.165) is 12.0 Å². The summed E-state index contributed by atoms with van der Waals surface area (Å²) < 4.78 is 22.1. The Morgan fingerprint density at radius 1 is 1.03 bits per heavy atom. The molecule has 6 nitrogen and oxygen atoms in total. The number of hydrogen-bond acceptors (Lipinski definition) is 5. The molecule has 0 amide bonds. The summed E-state index contributed by atoms with van der Waals surface area (Å²) in [5.74, 6) is -0.508. The quantitative estimate of drug-likeness (QED) is 0.480. The van der Waals surface area contributed by atoms with Gasteiger partial charge in [-0.2, -0.15) is 0 Å². The predicted octanol–water partition coefficient (Wildman–Crippen LogP) is 2.56. The van der Waals surface area contributed by atoms with Crippen molar-refractivity contribution >= 4 is 22.5 Å². The van der Waals surface area contributed by atoms with Crippen LogP contribution < -0.4 is 0 Å². The fourth-order valence-electron chi connectivity index (χ4n) is 4.15. The van der Waals surface area contributed by atoms with E-state index in [2.05, 4.69) is 6.92 Å². The molecule has 0 saturated carbocycles. The summed E-state index contributed by atoms with van der Waals surface area (Å²) in [6.45, 7) is 1.52. The second-order valence-corrected chi connectivity index (χ2v) is 8.35. The third-order valence-electron chi connectivity index (χ3n) is 5.90. The number of nitrogens with zero attached hydrogens (tertiary/aromatic N) is 1. The average Bonchev–Trinajstić information content (AvgIpc) is 3.11. The molecule has 0 radical (unpaired) electrons. The van der Waals surface area contributed by atoms with Crippen LogP contribution >= 0.6 is 11.6 Å². The van der Waals surface area contributed by atoms with Gasteiger partial charge in [0, 0.05) is 16.6 Å². The molecule has 1 aliphatic rings.